The number of thioether (sulfide) groups is 2. The molecule has 2 rings (SSSR count). The number of carbonyl (C=O) groups is 4. The maximum Gasteiger partial charge on any atom is 0.341 e. The molecule has 0 spiro atoms. The van der Waals surface area contributed by atoms with E-state index >= 15 is 0 Å². The largest absolute Gasteiger partial charge is 0.461 e. The van der Waals surface area contributed by atoms with Crippen molar-refractivity contribution in [3.63, 3.8) is 0 Å². The van der Waals surface area contributed by atoms with E-state index in [0.29, 0.717) is 13.2 Å². The van der Waals surface area contributed by atoms with E-state index in [4.69, 9.17) is 18.9 Å². The Morgan fingerprint density at radius 3 is 1.26 bits per heavy atom. The second-order valence-electron chi connectivity index (χ2n) is 9.50. The molecule has 0 unspecified atom stereocenters. The van der Waals surface area contributed by atoms with Gasteiger partial charge in [-0.3, -0.25) is 9.59 Å². The molecule has 0 aliphatic rings. The summed E-state index contributed by atoms with van der Waals surface area (Å²) in [5.74, 6) is 2.12. The van der Waals surface area contributed by atoms with Crippen LogP contribution in [0, 0.1) is 0 Å². The first-order valence-electron chi connectivity index (χ1n) is 14.4. The third kappa shape index (κ3) is 15.3. The van der Waals surface area contributed by atoms with Gasteiger partial charge in [-0.2, -0.15) is 23.5 Å². The molecule has 0 amide bonds. The zero-order chi connectivity index (χ0) is 30.4. The van der Waals surface area contributed by atoms with Gasteiger partial charge >= 0.3 is 23.9 Å². The van der Waals surface area contributed by atoms with Crippen molar-refractivity contribution in [3.8, 4) is 11.5 Å². The molecule has 0 radical (unpaired) electrons. The van der Waals surface area contributed by atoms with Gasteiger partial charge in [-0.05, 0) is 48.6 Å². The molecule has 0 heterocycles. The van der Waals surface area contributed by atoms with Crippen LogP contribution in [0.25, 0.3) is 0 Å². The van der Waals surface area contributed by atoms with Crippen molar-refractivity contribution in [1.29, 1.82) is 0 Å². The third-order valence-corrected chi connectivity index (χ3v) is 8.04. The fourth-order valence-electron chi connectivity index (χ4n) is 3.97. The third-order valence-electron chi connectivity index (χ3n) is 5.97. The maximum atomic E-state index is 12.3. The number of benzene rings is 2. The summed E-state index contributed by atoms with van der Waals surface area (Å²) in [4.78, 5) is 46.9. The van der Waals surface area contributed by atoms with Gasteiger partial charge in [0.15, 0.2) is 0 Å². The fraction of sp³-hybridized carbons (Fsp3) is 0.500. The lowest BCUT2D eigenvalue weighted by molar-refractivity contribution is -0.132. The van der Waals surface area contributed by atoms with Gasteiger partial charge in [0, 0.05) is 25.4 Å². The molecule has 0 fully saturated rings. The predicted octanol–water partition coefficient (Wildman–Crippen LogP) is 7.14. The topological polar surface area (TPSA) is 105 Å². The number of esters is 4. The summed E-state index contributed by atoms with van der Waals surface area (Å²) >= 11 is 3.56. The lowest BCUT2D eigenvalue weighted by Gasteiger charge is -2.09. The highest BCUT2D eigenvalue weighted by atomic mass is 32.2. The second kappa shape index (κ2) is 21.7. The van der Waals surface area contributed by atoms with Gasteiger partial charge in [-0.25, -0.2) is 9.59 Å². The van der Waals surface area contributed by atoms with Gasteiger partial charge in [0.2, 0.25) is 0 Å². The quantitative estimate of drug-likeness (QED) is 0.0814. The smallest absolute Gasteiger partial charge is 0.341 e. The molecule has 2 aromatic carbocycles. The number of hydrogen-bond acceptors (Lipinski definition) is 10. The normalized spacial score (nSPS) is 10.6. The van der Waals surface area contributed by atoms with Gasteiger partial charge in [0.25, 0.3) is 0 Å². The highest BCUT2D eigenvalue weighted by Gasteiger charge is 2.15. The lowest BCUT2D eigenvalue weighted by Crippen LogP contribution is -2.11. The molecule has 0 N–H and O–H groups in total. The van der Waals surface area contributed by atoms with E-state index in [9.17, 15) is 19.2 Å². The van der Waals surface area contributed by atoms with Crippen LogP contribution in [0.3, 0.4) is 0 Å². The first-order chi connectivity index (χ1) is 20.4. The lowest BCUT2D eigenvalue weighted by atomic mass is 10.1. The Hall–Kier alpha value is -2.98. The van der Waals surface area contributed by atoms with E-state index in [2.05, 4.69) is 0 Å². The van der Waals surface area contributed by atoms with Crippen LogP contribution in [0.2, 0.25) is 0 Å². The van der Waals surface area contributed by atoms with Gasteiger partial charge < -0.3 is 18.9 Å². The fourth-order valence-corrected chi connectivity index (χ4v) is 5.60. The van der Waals surface area contributed by atoms with E-state index < -0.39 is 23.9 Å². The zero-order valence-corrected chi connectivity index (χ0v) is 26.2. The van der Waals surface area contributed by atoms with Crippen LogP contribution < -0.4 is 9.47 Å². The Kier molecular flexibility index (Phi) is 18.2. The van der Waals surface area contributed by atoms with E-state index in [1.54, 1.807) is 72.1 Å². The molecular formula is C32H42O8S2. The second-order valence-corrected chi connectivity index (χ2v) is 12.0. The molecule has 42 heavy (non-hydrogen) atoms. The van der Waals surface area contributed by atoms with Crippen LogP contribution in [0.5, 0.6) is 11.5 Å². The summed E-state index contributed by atoms with van der Waals surface area (Å²) in [5, 5.41) is 0. The molecule has 0 saturated carbocycles. The summed E-state index contributed by atoms with van der Waals surface area (Å²) in [7, 11) is 0. The molecule has 0 bridgehead atoms. The monoisotopic (exact) mass is 618 g/mol. The minimum atomic E-state index is -0.479. The minimum absolute atomic E-state index is 0.222. The van der Waals surface area contributed by atoms with Crippen molar-refractivity contribution in [3.05, 3.63) is 59.7 Å². The average molecular weight is 619 g/mol. The number of hydrogen-bond donors (Lipinski definition) is 0. The van der Waals surface area contributed by atoms with Crippen LogP contribution in [-0.2, 0) is 19.1 Å². The molecular weight excluding hydrogens is 576 g/mol. The van der Waals surface area contributed by atoms with Gasteiger partial charge in [-0.1, -0.05) is 62.8 Å². The number of unbranched alkanes of at least 4 members (excludes halogenated alkanes) is 7. The number of para-hydroxylation sites is 2. The van der Waals surface area contributed by atoms with Crippen molar-refractivity contribution < 1.29 is 38.1 Å². The van der Waals surface area contributed by atoms with Crippen molar-refractivity contribution in [1.82, 2.24) is 0 Å². The standard InChI is InChI=1S/C32H42O8S2/c1-25(33)39-29-17-11-9-15-27(29)31(35)37-19-23-41-21-13-7-5-3-4-6-8-14-22-42-24-20-38-32(36)28-16-10-12-18-30(28)40-26(2)34/h9-12,15-18H,3-8,13-14,19-24H2,1-2H3. The maximum absolute atomic E-state index is 12.3. The average Bonchev–Trinajstić information content (AvgIpc) is 2.96. The molecule has 2 aromatic rings. The predicted molar refractivity (Wildman–Crippen MR) is 168 cm³/mol. The van der Waals surface area contributed by atoms with Gasteiger partial charge in [0.05, 0.1) is 0 Å². The summed E-state index contributed by atoms with van der Waals surface area (Å²) in [5.41, 5.74) is 0.521. The first kappa shape index (κ1) is 35.2. The molecule has 8 nitrogen and oxygen atoms in total. The van der Waals surface area contributed by atoms with Crippen molar-refractivity contribution in [2.45, 2.75) is 65.2 Å². The molecule has 0 atom stereocenters. The summed E-state index contributed by atoms with van der Waals surface area (Å²) in [6, 6.07) is 13.2. The highest BCUT2D eigenvalue weighted by Crippen LogP contribution is 2.21. The summed E-state index contributed by atoms with van der Waals surface area (Å²) < 4.78 is 20.8. The Balaban J connectivity index is 1.36. The molecule has 10 heteroatoms. The number of ether oxygens (including phenoxy) is 4. The highest BCUT2D eigenvalue weighted by molar-refractivity contribution is 7.99. The first-order valence-corrected chi connectivity index (χ1v) is 16.7. The Morgan fingerprint density at radius 2 is 0.881 bits per heavy atom. The van der Waals surface area contributed by atoms with Crippen LogP contribution in [0.15, 0.2) is 48.5 Å². The van der Waals surface area contributed by atoms with Crippen LogP contribution in [-0.4, -0.2) is 60.1 Å². The SMILES string of the molecule is CC(=O)Oc1ccccc1C(=O)OCCSCCCCCCCCCCSCCOC(=O)c1ccccc1OC(C)=O. The summed E-state index contributed by atoms with van der Waals surface area (Å²) in [6.45, 7) is 3.25. The van der Waals surface area contributed by atoms with E-state index in [1.165, 1.54) is 52.4 Å². The van der Waals surface area contributed by atoms with Crippen LogP contribution >= 0.6 is 23.5 Å². The van der Waals surface area contributed by atoms with Gasteiger partial charge in [-0.15, -0.1) is 0 Å². The molecule has 0 saturated heterocycles. The zero-order valence-electron chi connectivity index (χ0n) is 24.6. The Bertz CT molecular complexity index is 1030. The Labute approximate surface area is 257 Å². The van der Waals surface area contributed by atoms with Crippen LogP contribution in [0.4, 0.5) is 0 Å². The van der Waals surface area contributed by atoms with Gasteiger partial charge in [0.1, 0.15) is 35.8 Å². The van der Waals surface area contributed by atoms with E-state index in [-0.39, 0.29) is 22.6 Å². The van der Waals surface area contributed by atoms with Crippen LogP contribution in [0.1, 0.15) is 85.9 Å². The summed E-state index contributed by atoms with van der Waals surface area (Å²) in [6.07, 6.45) is 9.72. The number of carbonyl (C=O) groups excluding carboxylic acids is 4. The van der Waals surface area contributed by atoms with E-state index in [1.807, 2.05) is 0 Å². The van der Waals surface area contributed by atoms with Crippen molar-refractivity contribution in [2.24, 2.45) is 0 Å². The Morgan fingerprint density at radius 1 is 0.524 bits per heavy atom. The number of rotatable bonds is 21. The van der Waals surface area contributed by atoms with E-state index in [0.717, 1.165) is 35.9 Å². The molecule has 0 aromatic heterocycles. The molecule has 0 aliphatic carbocycles. The minimum Gasteiger partial charge on any atom is -0.461 e. The molecule has 230 valence electrons. The van der Waals surface area contributed by atoms with Crippen molar-refractivity contribution in [2.75, 3.05) is 36.2 Å². The van der Waals surface area contributed by atoms with Crippen molar-refractivity contribution >= 4 is 47.4 Å². The molecule has 0 aliphatic heterocycles.